The Morgan fingerprint density at radius 3 is 2.70 bits per heavy atom. The van der Waals surface area contributed by atoms with E-state index in [9.17, 15) is 23.1 Å². The minimum atomic E-state index is -4.94. The molecule has 20 heavy (non-hydrogen) atoms. The van der Waals surface area contributed by atoms with E-state index in [4.69, 9.17) is 0 Å². The lowest BCUT2D eigenvalue weighted by Gasteiger charge is -2.32. The van der Waals surface area contributed by atoms with Crippen LogP contribution in [-0.2, 0) is 0 Å². The first-order valence-corrected chi connectivity index (χ1v) is 6.95. The molecule has 1 aromatic heterocycles. The monoisotopic (exact) mass is 304 g/mol. The van der Waals surface area contributed by atoms with Gasteiger partial charge >= 0.3 is 6.18 Å². The third-order valence-electron chi connectivity index (χ3n) is 3.43. The summed E-state index contributed by atoms with van der Waals surface area (Å²) in [5, 5.41) is 15.5. The first-order valence-electron chi connectivity index (χ1n) is 6.07. The van der Waals surface area contributed by atoms with Crippen molar-refractivity contribution in [2.24, 2.45) is 11.0 Å². The standard InChI is InChI=1S/C12H11F3N2O2S/c13-12(14,15)11(19)6-8(7-3-4-7)16-17(11)10(18)9-2-1-5-20-9/h1-2,5,7,19H,3-4,6H2/t11-/m1/s1. The van der Waals surface area contributed by atoms with Crippen molar-refractivity contribution in [3.8, 4) is 0 Å². The number of hydrogen-bond acceptors (Lipinski definition) is 4. The van der Waals surface area contributed by atoms with Gasteiger partial charge in [-0.25, -0.2) is 0 Å². The molecule has 1 saturated carbocycles. The van der Waals surface area contributed by atoms with Crippen molar-refractivity contribution in [2.45, 2.75) is 31.2 Å². The van der Waals surface area contributed by atoms with Crippen LogP contribution in [0.4, 0.5) is 13.2 Å². The summed E-state index contributed by atoms with van der Waals surface area (Å²) in [5.74, 6) is -0.958. The van der Waals surface area contributed by atoms with Gasteiger partial charge in [-0.3, -0.25) is 4.79 Å². The number of hydrogen-bond donors (Lipinski definition) is 1. The number of thiophene rings is 1. The Morgan fingerprint density at radius 1 is 1.50 bits per heavy atom. The highest BCUT2D eigenvalue weighted by Gasteiger charge is 2.64. The number of halogens is 3. The van der Waals surface area contributed by atoms with Crippen molar-refractivity contribution in [3.05, 3.63) is 22.4 Å². The van der Waals surface area contributed by atoms with Crippen LogP contribution < -0.4 is 0 Å². The van der Waals surface area contributed by atoms with E-state index in [2.05, 4.69) is 5.10 Å². The van der Waals surface area contributed by atoms with Crippen molar-refractivity contribution in [1.82, 2.24) is 5.01 Å². The van der Waals surface area contributed by atoms with Gasteiger partial charge in [-0.2, -0.15) is 23.3 Å². The molecule has 1 atom stereocenters. The SMILES string of the molecule is O=C(c1cccs1)N1N=C(C2CC2)C[C@@]1(O)C(F)(F)F. The quantitative estimate of drug-likeness (QED) is 0.913. The molecule has 4 nitrogen and oxygen atoms in total. The fourth-order valence-corrected chi connectivity index (χ4v) is 2.80. The molecule has 1 fully saturated rings. The van der Waals surface area contributed by atoms with E-state index in [-0.39, 0.29) is 21.5 Å². The van der Waals surface area contributed by atoms with E-state index in [0.29, 0.717) is 0 Å². The number of aliphatic hydroxyl groups is 1. The average molecular weight is 304 g/mol. The van der Waals surface area contributed by atoms with Gasteiger partial charge in [0.2, 0.25) is 0 Å². The van der Waals surface area contributed by atoms with Gasteiger partial charge in [0.05, 0.1) is 4.88 Å². The van der Waals surface area contributed by atoms with Crippen LogP contribution in [0.5, 0.6) is 0 Å². The number of hydrazone groups is 1. The van der Waals surface area contributed by atoms with Crippen molar-refractivity contribution in [1.29, 1.82) is 0 Å². The zero-order chi connectivity index (χ0) is 14.5. The minimum Gasteiger partial charge on any atom is -0.362 e. The molecule has 1 aromatic rings. The Morgan fingerprint density at radius 2 is 2.20 bits per heavy atom. The smallest absolute Gasteiger partial charge is 0.362 e. The van der Waals surface area contributed by atoms with Crippen LogP contribution in [-0.4, -0.2) is 33.6 Å². The van der Waals surface area contributed by atoms with E-state index >= 15 is 0 Å². The van der Waals surface area contributed by atoms with Crippen LogP contribution in [0.15, 0.2) is 22.6 Å². The number of carbonyl (C=O) groups is 1. The summed E-state index contributed by atoms with van der Waals surface area (Å²) in [7, 11) is 0. The summed E-state index contributed by atoms with van der Waals surface area (Å²) < 4.78 is 39.4. The zero-order valence-electron chi connectivity index (χ0n) is 10.2. The number of alkyl halides is 3. The van der Waals surface area contributed by atoms with Gasteiger partial charge in [0.25, 0.3) is 11.6 Å². The number of carbonyl (C=O) groups excluding carboxylic acids is 1. The molecule has 8 heteroatoms. The Hall–Kier alpha value is -1.41. The van der Waals surface area contributed by atoms with Crippen LogP contribution in [0, 0.1) is 5.92 Å². The van der Waals surface area contributed by atoms with Gasteiger partial charge in [-0.05, 0) is 30.2 Å². The minimum absolute atomic E-state index is 0.0370. The molecule has 108 valence electrons. The molecular weight excluding hydrogens is 293 g/mol. The fourth-order valence-electron chi connectivity index (χ4n) is 2.15. The lowest BCUT2D eigenvalue weighted by molar-refractivity contribution is -0.297. The summed E-state index contributed by atoms with van der Waals surface area (Å²) in [5.41, 5.74) is -2.97. The normalized spacial score (nSPS) is 26.8. The van der Waals surface area contributed by atoms with Gasteiger partial charge in [-0.1, -0.05) is 6.07 Å². The van der Waals surface area contributed by atoms with E-state index in [1.807, 2.05) is 0 Å². The summed E-state index contributed by atoms with van der Waals surface area (Å²) in [6.07, 6.45) is -4.08. The second-order valence-electron chi connectivity index (χ2n) is 4.95. The first kappa shape index (κ1) is 13.6. The lowest BCUT2D eigenvalue weighted by atomic mass is 10.0. The van der Waals surface area contributed by atoms with Crippen LogP contribution in [0.25, 0.3) is 0 Å². The molecule has 0 unspecified atom stereocenters. The topological polar surface area (TPSA) is 52.9 Å². The Balaban J connectivity index is 1.97. The van der Waals surface area contributed by atoms with Crippen LogP contribution in [0.1, 0.15) is 28.9 Å². The molecule has 0 aromatic carbocycles. The van der Waals surface area contributed by atoms with E-state index in [0.717, 1.165) is 24.2 Å². The Labute approximate surface area is 116 Å². The van der Waals surface area contributed by atoms with Gasteiger partial charge < -0.3 is 5.11 Å². The average Bonchev–Trinajstić information content (AvgIpc) is 2.94. The maximum absolute atomic E-state index is 13.1. The van der Waals surface area contributed by atoms with E-state index in [1.165, 1.54) is 6.07 Å². The lowest BCUT2D eigenvalue weighted by Crippen LogP contribution is -2.56. The molecule has 1 aliphatic carbocycles. The van der Waals surface area contributed by atoms with Crippen molar-refractivity contribution in [2.75, 3.05) is 0 Å². The molecule has 3 rings (SSSR count). The molecule has 0 saturated heterocycles. The molecule has 0 bridgehead atoms. The maximum atomic E-state index is 13.1. The molecule has 2 aliphatic rings. The highest BCUT2D eigenvalue weighted by Crippen LogP contribution is 2.45. The second kappa shape index (κ2) is 4.29. The van der Waals surface area contributed by atoms with E-state index in [1.54, 1.807) is 11.4 Å². The van der Waals surface area contributed by atoms with Crippen LogP contribution in [0.3, 0.4) is 0 Å². The molecule has 1 aliphatic heterocycles. The predicted octanol–water partition coefficient (Wildman–Crippen LogP) is 2.61. The van der Waals surface area contributed by atoms with Crippen LogP contribution >= 0.6 is 11.3 Å². The molecule has 0 spiro atoms. The number of amides is 1. The second-order valence-corrected chi connectivity index (χ2v) is 5.90. The molecular formula is C12H11F3N2O2S. The maximum Gasteiger partial charge on any atom is 0.438 e. The first-order chi connectivity index (χ1) is 9.33. The third-order valence-corrected chi connectivity index (χ3v) is 4.29. The van der Waals surface area contributed by atoms with Crippen molar-refractivity contribution < 1.29 is 23.1 Å². The highest BCUT2D eigenvalue weighted by atomic mass is 32.1. The predicted molar refractivity (Wildman–Crippen MR) is 66.3 cm³/mol. The van der Waals surface area contributed by atoms with Gasteiger partial charge in [0, 0.05) is 12.1 Å². The molecule has 0 radical (unpaired) electrons. The highest BCUT2D eigenvalue weighted by molar-refractivity contribution is 7.12. The fraction of sp³-hybridized carbons (Fsp3) is 0.500. The third kappa shape index (κ3) is 2.03. The molecule has 1 amide bonds. The molecule has 1 N–H and O–H groups in total. The number of nitrogens with zero attached hydrogens (tertiary/aromatic N) is 2. The summed E-state index contributed by atoms with van der Waals surface area (Å²) in [6, 6.07) is 2.97. The zero-order valence-corrected chi connectivity index (χ0v) is 11.0. The largest absolute Gasteiger partial charge is 0.438 e. The summed E-state index contributed by atoms with van der Waals surface area (Å²) in [6.45, 7) is 0. The van der Waals surface area contributed by atoms with E-state index < -0.39 is 24.2 Å². The summed E-state index contributed by atoms with van der Waals surface area (Å²) in [4.78, 5) is 12.2. The van der Waals surface area contributed by atoms with Crippen molar-refractivity contribution in [3.63, 3.8) is 0 Å². The van der Waals surface area contributed by atoms with Crippen molar-refractivity contribution >= 4 is 23.0 Å². The Kier molecular flexibility index (Phi) is 2.91. The van der Waals surface area contributed by atoms with Gasteiger partial charge in [0.15, 0.2) is 0 Å². The Bertz CT molecular complexity index is 566. The number of rotatable bonds is 2. The van der Waals surface area contributed by atoms with Gasteiger partial charge in [0.1, 0.15) is 0 Å². The molecule has 2 heterocycles. The summed E-state index contributed by atoms with van der Waals surface area (Å²) >= 11 is 1.02. The van der Waals surface area contributed by atoms with Gasteiger partial charge in [-0.15, -0.1) is 11.3 Å². The van der Waals surface area contributed by atoms with Crippen LogP contribution in [0.2, 0.25) is 0 Å².